The van der Waals surface area contributed by atoms with Crippen LogP contribution in [0.4, 0.5) is 0 Å². The smallest absolute Gasteiger partial charge is 0.260 e. The highest BCUT2D eigenvalue weighted by Crippen LogP contribution is 2.22. The van der Waals surface area contributed by atoms with Gasteiger partial charge in [0.25, 0.3) is 11.8 Å². The quantitative estimate of drug-likeness (QED) is 0.527. The largest absolute Gasteiger partial charge is 0.484 e. The number of nitrogens with zero attached hydrogens (tertiary/aromatic N) is 2. The van der Waals surface area contributed by atoms with Crippen molar-refractivity contribution in [2.45, 2.75) is 0 Å². The van der Waals surface area contributed by atoms with Gasteiger partial charge in [-0.3, -0.25) is 9.59 Å². The van der Waals surface area contributed by atoms with Gasteiger partial charge in [0.05, 0.1) is 0 Å². The normalized spacial score (nSPS) is 13.5. The minimum Gasteiger partial charge on any atom is -0.484 e. The molecule has 0 N–H and O–H groups in total. The fourth-order valence-electron chi connectivity index (χ4n) is 3.58. The molecule has 1 fully saturated rings. The second-order valence-corrected chi connectivity index (χ2v) is 8.12. The summed E-state index contributed by atoms with van der Waals surface area (Å²) in [5, 5.41) is 0.614. The number of hydrogen-bond acceptors (Lipinski definition) is 4. The van der Waals surface area contributed by atoms with Gasteiger partial charge in [-0.1, -0.05) is 54.1 Å². The lowest BCUT2D eigenvalue weighted by Crippen LogP contribution is -2.52. The number of hydrogen-bond donors (Lipinski definition) is 0. The fourth-order valence-corrected chi connectivity index (χ4v) is 3.71. The number of amides is 2. The van der Waals surface area contributed by atoms with Gasteiger partial charge in [-0.2, -0.15) is 0 Å². The molecule has 1 aliphatic heterocycles. The molecule has 6 nitrogen and oxygen atoms in total. The second kappa shape index (κ2) is 10.9. The van der Waals surface area contributed by atoms with Crippen molar-refractivity contribution >= 4 is 23.4 Å². The molecule has 4 rings (SSSR count). The van der Waals surface area contributed by atoms with E-state index < -0.39 is 0 Å². The van der Waals surface area contributed by atoms with Crippen LogP contribution in [0.5, 0.6) is 11.5 Å². The van der Waals surface area contributed by atoms with Crippen LogP contribution in [-0.2, 0) is 9.59 Å². The van der Waals surface area contributed by atoms with Crippen molar-refractivity contribution < 1.29 is 19.1 Å². The molecule has 3 aromatic carbocycles. The molecule has 1 heterocycles. The van der Waals surface area contributed by atoms with Gasteiger partial charge < -0.3 is 19.3 Å². The van der Waals surface area contributed by atoms with E-state index in [1.807, 2.05) is 54.6 Å². The van der Waals surface area contributed by atoms with Crippen molar-refractivity contribution in [1.29, 1.82) is 0 Å². The summed E-state index contributed by atoms with van der Waals surface area (Å²) in [7, 11) is 0. The lowest BCUT2D eigenvalue weighted by molar-refractivity contribution is -0.141. The van der Waals surface area contributed by atoms with Crippen molar-refractivity contribution in [3.8, 4) is 22.6 Å². The molecule has 0 unspecified atom stereocenters. The Morgan fingerprint density at radius 3 is 1.55 bits per heavy atom. The Bertz CT molecular complexity index is 1060. The Kier molecular flexibility index (Phi) is 7.47. The molecular weight excluding hydrogens is 440 g/mol. The van der Waals surface area contributed by atoms with Crippen LogP contribution in [0.15, 0.2) is 78.9 Å². The number of carbonyl (C=O) groups excluding carboxylic acids is 2. The number of halogens is 1. The summed E-state index contributed by atoms with van der Waals surface area (Å²) < 4.78 is 11.2. The summed E-state index contributed by atoms with van der Waals surface area (Å²) in [6.07, 6.45) is 0. The zero-order valence-electron chi connectivity index (χ0n) is 18.2. The maximum atomic E-state index is 12.5. The van der Waals surface area contributed by atoms with Gasteiger partial charge >= 0.3 is 0 Å². The predicted octanol–water partition coefficient (Wildman–Crippen LogP) is 4.14. The van der Waals surface area contributed by atoms with Gasteiger partial charge in [-0.15, -0.1) is 0 Å². The second-order valence-electron chi connectivity index (χ2n) is 7.68. The minimum atomic E-state index is -0.105. The maximum absolute atomic E-state index is 12.5. The third kappa shape index (κ3) is 6.26. The molecule has 2 amide bonds. The Labute approximate surface area is 198 Å². The van der Waals surface area contributed by atoms with Crippen molar-refractivity contribution in [3.05, 3.63) is 83.9 Å². The molecule has 0 spiro atoms. The first kappa shape index (κ1) is 22.7. The van der Waals surface area contributed by atoms with Crippen LogP contribution in [-0.4, -0.2) is 61.0 Å². The lowest BCUT2D eigenvalue weighted by Gasteiger charge is -2.34. The molecular formula is C26H25ClN2O4. The molecule has 33 heavy (non-hydrogen) atoms. The van der Waals surface area contributed by atoms with E-state index in [0.29, 0.717) is 42.7 Å². The van der Waals surface area contributed by atoms with E-state index in [0.717, 1.165) is 11.1 Å². The molecule has 0 aromatic heterocycles. The Morgan fingerprint density at radius 2 is 1.06 bits per heavy atom. The number of carbonyl (C=O) groups is 2. The van der Waals surface area contributed by atoms with Gasteiger partial charge in [0.15, 0.2) is 13.2 Å². The zero-order valence-corrected chi connectivity index (χ0v) is 18.9. The third-order valence-corrected chi connectivity index (χ3v) is 5.74. The summed E-state index contributed by atoms with van der Waals surface area (Å²) in [6, 6.07) is 24.6. The molecule has 0 bridgehead atoms. The number of rotatable bonds is 7. The van der Waals surface area contributed by atoms with Gasteiger partial charge in [0.2, 0.25) is 0 Å². The predicted molar refractivity (Wildman–Crippen MR) is 127 cm³/mol. The number of benzene rings is 3. The van der Waals surface area contributed by atoms with Gasteiger partial charge in [-0.05, 0) is 47.5 Å². The average molecular weight is 465 g/mol. The summed E-state index contributed by atoms with van der Waals surface area (Å²) in [5.41, 5.74) is 2.22. The first-order valence-corrected chi connectivity index (χ1v) is 11.2. The first-order chi connectivity index (χ1) is 16.1. The van der Waals surface area contributed by atoms with Crippen LogP contribution in [0.1, 0.15) is 0 Å². The van der Waals surface area contributed by atoms with Crippen molar-refractivity contribution in [2.75, 3.05) is 39.4 Å². The van der Waals surface area contributed by atoms with E-state index in [9.17, 15) is 9.59 Å². The molecule has 0 radical (unpaired) electrons. The van der Waals surface area contributed by atoms with E-state index in [1.165, 1.54) is 0 Å². The average Bonchev–Trinajstić information content (AvgIpc) is 2.87. The molecule has 3 aromatic rings. The van der Waals surface area contributed by atoms with Crippen LogP contribution in [0, 0.1) is 0 Å². The summed E-state index contributed by atoms with van der Waals surface area (Å²) in [6.45, 7) is 1.82. The SMILES string of the molecule is O=C(COc1ccc(Cl)cc1)N1CCN(C(=O)COc2ccc(-c3ccccc3)cc2)CC1. The third-order valence-electron chi connectivity index (χ3n) is 5.48. The van der Waals surface area contributed by atoms with E-state index in [2.05, 4.69) is 0 Å². The molecule has 0 saturated carbocycles. The van der Waals surface area contributed by atoms with E-state index in [1.54, 1.807) is 34.1 Å². The fraction of sp³-hybridized carbons (Fsp3) is 0.231. The van der Waals surface area contributed by atoms with Crippen LogP contribution in [0.25, 0.3) is 11.1 Å². The van der Waals surface area contributed by atoms with Crippen molar-refractivity contribution in [2.24, 2.45) is 0 Å². The van der Waals surface area contributed by atoms with Gasteiger partial charge in [0, 0.05) is 31.2 Å². The topological polar surface area (TPSA) is 59.1 Å². The summed E-state index contributed by atoms with van der Waals surface area (Å²) in [4.78, 5) is 28.4. The van der Waals surface area contributed by atoms with Gasteiger partial charge in [0.1, 0.15) is 11.5 Å². The monoisotopic (exact) mass is 464 g/mol. The van der Waals surface area contributed by atoms with Crippen LogP contribution in [0.2, 0.25) is 5.02 Å². The lowest BCUT2D eigenvalue weighted by atomic mass is 10.1. The highest BCUT2D eigenvalue weighted by Gasteiger charge is 2.24. The van der Waals surface area contributed by atoms with Crippen LogP contribution < -0.4 is 9.47 Å². The maximum Gasteiger partial charge on any atom is 0.260 e. The summed E-state index contributed by atoms with van der Waals surface area (Å²) >= 11 is 5.85. The molecule has 1 saturated heterocycles. The van der Waals surface area contributed by atoms with Crippen molar-refractivity contribution in [3.63, 3.8) is 0 Å². The number of piperazine rings is 1. The molecule has 7 heteroatoms. The number of ether oxygens (including phenoxy) is 2. The molecule has 1 aliphatic rings. The Hall–Kier alpha value is -3.51. The molecule has 170 valence electrons. The summed E-state index contributed by atoms with van der Waals surface area (Å²) in [5.74, 6) is 1.05. The Balaban J connectivity index is 1.19. The van der Waals surface area contributed by atoms with Gasteiger partial charge in [-0.25, -0.2) is 0 Å². The zero-order chi connectivity index (χ0) is 23.0. The Morgan fingerprint density at radius 1 is 0.636 bits per heavy atom. The highest BCUT2D eigenvalue weighted by atomic mass is 35.5. The van der Waals surface area contributed by atoms with Crippen LogP contribution >= 0.6 is 11.6 Å². The van der Waals surface area contributed by atoms with E-state index >= 15 is 0 Å². The minimum absolute atomic E-state index is 0.0295. The van der Waals surface area contributed by atoms with Crippen molar-refractivity contribution in [1.82, 2.24) is 9.80 Å². The standard InChI is InChI=1S/C26H25ClN2O4/c27-22-8-12-24(13-9-22)33-19-26(31)29-16-14-28(15-17-29)25(30)18-32-23-10-6-21(7-11-23)20-4-2-1-3-5-20/h1-13H,14-19H2. The highest BCUT2D eigenvalue weighted by molar-refractivity contribution is 6.30. The van der Waals surface area contributed by atoms with E-state index in [-0.39, 0.29) is 25.0 Å². The van der Waals surface area contributed by atoms with Crippen LogP contribution in [0.3, 0.4) is 0 Å². The molecule has 0 aliphatic carbocycles. The first-order valence-electron chi connectivity index (χ1n) is 10.8. The van der Waals surface area contributed by atoms with E-state index in [4.69, 9.17) is 21.1 Å². The molecule has 0 atom stereocenters.